The largest absolute Gasteiger partial charge is 0.496 e. The van der Waals surface area contributed by atoms with Crippen LogP contribution in [0.1, 0.15) is 49.5 Å². The quantitative estimate of drug-likeness (QED) is 0.730. The number of ether oxygens (including phenoxy) is 1. The molecule has 2 aliphatic heterocycles. The molecule has 1 aromatic carbocycles. The van der Waals surface area contributed by atoms with E-state index >= 15 is 0 Å². The van der Waals surface area contributed by atoms with Gasteiger partial charge in [-0.2, -0.15) is 0 Å². The van der Waals surface area contributed by atoms with Crippen LogP contribution in [-0.2, 0) is 16.0 Å². The first kappa shape index (κ1) is 21.4. The summed E-state index contributed by atoms with van der Waals surface area (Å²) in [5, 5.41) is 6.61. The molecule has 3 unspecified atom stereocenters. The van der Waals surface area contributed by atoms with E-state index in [0.29, 0.717) is 30.1 Å². The van der Waals surface area contributed by atoms with Crippen LogP contribution in [0.15, 0.2) is 54.0 Å². The van der Waals surface area contributed by atoms with Gasteiger partial charge >= 0.3 is 0 Å². The number of hydrogen-bond acceptors (Lipinski definition) is 6. The number of hydrogen-bond donors (Lipinski definition) is 2. The number of nitrogens with one attached hydrogen (secondary N) is 2. The van der Waals surface area contributed by atoms with E-state index in [4.69, 9.17) is 4.74 Å². The van der Waals surface area contributed by atoms with Crippen LogP contribution < -0.4 is 15.4 Å². The van der Waals surface area contributed by atoms with Crippen LogP contribution in [0, 0.1) is 0 Å². The number of fused-ring (bicyclic) bond motifs is 1. The third-order valence-electron chi connectivity index (χ3n) is 6.90. The number of carbonyl (C=O) groups excluding carboxylic acids is 2. The predicted molar refractivity (Wildman–Crippen MR) is 122 cm³/mol. The third kappa shape index (κ3) is 4.05. The molecule has 3 aliphatic rings. The lowest BCUT2D eigenvalue weighted by Crippen LogP contribution is -2.53. The van der Waals surface area contributed by atoms with Crippen LogP contribution in [0.3, 0.4) is 0 Å². The van der Waals surface area contributed by atoms with Gasteiger partial charge in [0.15, 0.2) is 0 Å². The molecule has 0 radical (unpaired) electrons. The molecule has 8 nitrogen and oxygen atoms in total. The molecule has 33 heavy (non-hydrogen) atoms. The van der Waals surface area contributed by atoms with Gasteiger partial charge in [-0.25, -0.2) is 9.97 Å². The van der Waals surface area contributed by atoms with Gasteiger partial charge in [0, 0.05) is 42.5 Å². The van der Waals surface area contributed by atoms with Gasteiger partial charge in [0.25, 0.3) is 5.91 Å². The lowest BCUT2D eigenvalue weighted by atomic mass is 9.87. The number of amides is 2. The Kier molecular flexibility index (Phi) is 5.98. The molecule has 5 rings (SSSR count). The third-order valence-corrected chi connectivity index (χ3v) is 6.90. The second-order valence-corrected chi connectivity index (χ2v) is 8.79. The smallest absolute Gasteiger partial charge is 0.251 e. The first-order valence-corrected chi connectivity index (χ1v) is 11.6. The summed E-state index contributed by atoms with van der Waals surface area (Å²) in [6.07, 6.45) is 8.16. The van der Waals surface area contributed by atoms with Gasteiger partial charge in [-0.15, -0.1) is 0 Å². The first-order chi connectivity index (χ1) is 16.2. The van der Waals surface area contributed by atoms with Crippen molar-refractivity contribution in [2.75, 3.05) is 13.7 Å². The minimum Gasteiger partial charge on any atom is -0.496 e. The highest BCUT2D eigenvalue weighted by Crippen LogP contribution is 2.43. The second-order valence-electron chi connectivity index (χ2n) is 8.79. The Morgan fingerprint density at radius 2 is 1.94 bits per heavy atom. The highest BCUT2D eigenvalue weighted by atomic mass is 16.5. The monoisotopic (exact) mass is 447 g/mol. The van der Waals surface area contributed by atoms with E-state index in [1.54, 1.807) is 25.6 Å². The summed E-state index contributed by atoms with van der Waals surface area (Å²) < 4.78 is 5.68. The van der Waals surface area contributed by atoms with Crippen LogP contribution in [0.2, 0.25) is 0 Å². The van der Waals surface area contributed by atoms with Crippen molar-refractivity contribution in [3.63, 3.8) is 0 Å². The summed E-state index contributed by atoms with van der Waals surface area (Å²) in [4.78, 5) is 37.5. The van der Waals surface area contributed by atoms with Crippen molar-refractivity contribution in [3.05, 3.63) is 65.4 Å². The molecule has 2 amide bonds. The number of aryl methyl sites for hydroxylation is 1. The molecule has 172 valence electrons. The van der Waals surface area contributed by atoms with Gasteiger partial charge in [0.2, 0.25) is 5.91 Å². The molecule has 0 bridgehead atoms. The molecule has 3 heterocycles. The fourth-order valence-electron chi connectivity index (χ4n) is 5.41. The van der Waals surface area contributed by atoms with E-state index in [2.05, 4.69) is 20.6 Å². The van der Waals surface area contributed by atoms with Gasteiger partial charge < -0.3 is 20.3 Å². The van der Waals surface area contributed by atoms with Gasteiger partial charge in [0.05, 0.1) is 31.3 Å². The summed E-state index contributed by atoms with van der Waals surface area (Å²) >= 11 is 0. The number of benzene rings is 1. The van der Waals surface area contributed by atoms with Gasteiger partial charge in [-0.1, -0.05) is 31.0 Å². The summed E-state index contributed by atoms with van der Waals surface area (Å²) in [6, 6.07) is 9.06. The Hall–Kier alpha value is -3.42. The number of methoxy groups -OCH3 is 1. The number of nitrogens with zero attached hydrogens (tertiary/aromatic N) is 3. The number of rotatable bonds is 5. The molecule has 1 aliphatic carbocycles. The van der Waals surface area contributed by atoms with E-state index in [0.717, 1.165) is 36.9 Å². The highest BCUT2D eigenvalue weighted by molar-refractivity contribution is 5.99. The Morgan fingerprint density at radius 3 is 2.76 bits per heavy atom. The molecule has 1 saturated carbocycles. The van der Waals surface area contributed by atoms with Crippen LogP contribution >= 0.6 is 0 Å². The van der Waals surface area contributed by atoms with E-state index in [9.17, 15) is 9.59 Å². The standard InChI is InChI=1S/C25H29N5O3/c1-33-20-10-5-2-7-16(20)24-23-18(15-28-25(23)32)29-17-8-3-4-9-19(17)30(24)22(31)12-11-21-26-13-6-14-27-21/h2,5-7,10,13-14,17,19,24,29H,3-4,8-9,11-12,15H2,1H3,(H,28,32). The fourth-order valence-corrected chi connectivity index (χ4v) is 5.41. The fraction of sp³-hybridized carbons (Fsp3) is 0.440. The van der Waals surface area contributed by atoms with Gasteiger partial charge in [-0.05, 0) is 25.0 Å². The van der Waals surface area contributed by atoms with Crippen molar-refractivity contribution in [1.29, 1.82) is 0 Å². The molecule has 2 N–H and O–H groups in total. The highest BCUT2D eigenvalue weighted by Gasteiger charge is 2.46. The summed E-state index contributed by atoms with van der Waals surface area (Å²) in [5.74, 6) is 1.20. The van der Waals surface area contributed by atoms with Crippen molar-refractivity contribution in [2.24, 2.45) is 0 Å². The Balaban J connectivity index is 1.59. The van der Waals surface area contributed by atoms with Crippen molar-refractivity contribution >= 4 is 11.8 Å². The Labute approximate surface area is 193 Å². The maximum absolute atomic E-state index is 13.9. The Bertz CT molecular complexity index is 1070. The molecule has 0 spiro atoms. The summed E-state index contributed by atoms with van der Waals surface area (Å²) in [6.45, 7) is 0.461. The predicted octanol–water partition coefficient (Wildman–Crippen LogP) is 2.29. The maximum Gasteiger partial charge on any atom is 0.251 e. The number of carbonyl (C=O) groups is 2. The molecule has 0 saturated heterocycles. The van der Waals surface area contributed by atoms with Crippen molar-refractivity contribution in [2.45, 2.75) is 56.7 Å². The lowest BCUT2D eigenvalue weighted by Gasteiger charge is -2.43. The molecule has 8 heteroatoms. The van der Waals surface area contributed by atoms with Crippen LogP contribution in [0.5, 0.6) is 5.75 Å². The minimum atomic E-state index is -0.511. The van der Waals surface area contributed by atoms with Crippen LogP contribution in [0.4, 0.5) is 0 Å². The zero-order chi connectivity index (χ0) is 22.8. The molecular weight excluding hydrogens is 418 g/mol. The van der Waals surface area contributed by atoms with E-state index in [1.807, 2.05) is 29.2 Å². The van der Waals surface area contributed by atoms with E-state index in [1.165, 1.54) is 0 Å². The topological polar surface area (TPSA) is 96.5 Å². The first-order valence-electron chi connectivity index (χ1n) is 11.6. The van der Waals surface area contributed by atoms with E-state index in [-0.39, 0.29) is 30.3 Å². The number of para-hydroxylation sites is 1. The molecular formula is C25H29N5O3. The maximum atomic E-state index is 13.9. The van der Waals surface area contributed by atoms with E-state index < -0.39 is 6.04 Å². The summed E-state index contributed by atoms with van der Waals surface area (Å²) in [5.41, 5.74) is 2.36. The minimum absolute atomic E-state index is 0.00347. The molecule has 2 aromatic rings. The molecule has 1 aromatic heterocycles. The zero-order valence-electron chi connectivity index (χ0n) is 18.8. The van der Waals surface area contributed by atoms with Crippen molar-refractivity contribution < 1.29 is 14.3 Å². The average molecular weight is 448 g/mol. The SMILES string of the molecule is COc1ccccc1C1C2=C(CNC2=O)NC2CCCCC2N1C(=O)CCc1ncccn1. The molecule has 3 atom stereocenters. The normalized spacial score (nSPS) is 24.3. The number of aromatic nitrogens is 2. The lowest BCUT2D eigenvalue weighted by molar-refractivity contribution is -0.137. The zero-order valence-corrected chi connectivity index (χ0v) is 18.8. The molecule has 1 fully saturated rings. The summed E-state index contributed by atoms with van der Waals surface area (Å²) in [7, 11) is 1.63. The van der Waals surface area contributed by atoms with Crippen molar-refractivity contribution in [1.82, 2.24) is 25.5 Å². The van der Waals surface area contributed by atoms with Gasteiger partial charge in [0.1, 0.15) is 11.6 Å². The van der Waals surface area contributed by atoms with Gasteiger partial charge in [-0.3, -0.25) is 9.59 Å². The van der Waals surface area contributed by atoms with Crippen LogP contribution in [-0.4, -0.2) is 52.4 Å². The van der Waals surface area contributed by atoms with Crippen molar-refractivity contribution in [3.8, 4) is 5.75 Å². The average Bonchev–Trinajstić information content (AvgIpc) is 3.13. The Morgan fingerprint density at radius 1 is 1.15 bits per heavy atom. The van der Waals surface area contributed by atoms with Crippen LogP contribution in [0.25, 0.3) is 0 Å². The second kappa shape index (κ2) is 9.21.